The van der Waals surface area contributed by atoms with Crippen LogP contribution in [0, 0.1) is 0 Å². The molecule has 5 rings (SSSR count). The SMILES string of the molecule is CN(C)C(=O)c1ccc(Oc2nc(-c3cnc(N)s3)nc(N3[C@@H]4CC[C@H]3COC4)n2)cc1. The summed E-state index contributed by atoms with van der Waals surface area (Å²) in [6, 6.07) is 7.53. The first kappa shape index (κ1) is 20.6. The number of hydrogen-bond acceptors (Lipinski definition) is 10. The Hall–Kier alpha value is -3.31. The maximum absolute atomic E-state index is 12.1. The molecule has 0 unspecified atom stereocenters. The predicted octanol–water partition coefficient (Wildman–Crippen LogP) is 2.44. The zero-order valence-corrected chi connectivity index (χ0v) is 18.6. The van der Waals surface area contributed by atoms with Crippen LogP contribution in [0.3, 0.4) is 0 Å². The molecule has 4 heterocycles. The summed E-state index contributed by atoms with van der Waals surface area (Å²) < 4.78 is 11.7. The molecule has 32 heavy (non-hydrogen) atoms. The second kappa shape index (κ2) is 8.32. The van der Waals surface area contributed by atoms with E-state index in [2.05, 4.69) is 19.9 Å². The molecule has 2 N–H and O–H groups in total. The van der Waals surface area contributed by atoms with Crippen LogP contribution < -0.4 is 15.4 Å². The lowest BCUT2D eigenvalue weighted by Gasteiger charge is -2.34. The minimum absolute atomic E-state index is 0.0770. The first-order valence-corrected chi connectivity index (χ1v) is 11.1. The number of nitrogens with zero attached hydrogens (tertiary/aromatic N) is 6. The van der Waals surface area contributed by atoms with E-state index < -0.39 is 0 Å². The molecule has 2 aromatic heterocycles. The van der Waals surface area contributed by atoms with Gasteiger partial charge in [0.15, 0.2) is 11.0 Å². The number of rotatable bonds is 5. The fourth-order valence-corrected chi connectivity index (χ4v) is 4.61. The molecule has 0 aliphatic carbocycles. The molecular formula is C21H23N7O3S. The number of amides is 1. The highest BCUT2D eigenvalue weighted by atomic mass is 32.1. The van der Waals surface area contributed by atoms with Gasteiger partial charge in [-0.3, -0.25) is 4.79 Å². The second-order valence-corrected chi connectivity index (χ2v) is 9.02. The van der Waals surface area contributed by atoms with Gasteiger partial charge in [-0.05, 0) is 37.1 Å². The summed E-state index contributed by atoms with van der Waals surface area (Å²) in [6.07, 6.45) is 3.73. The molecule has 11 heteroatoms. The number of nitrogens with two attached hydrogens (primary N) is 1. The summed E-state index contributed by atoms with van der Waals surface area (Å²) in [4.78, 5) is 34.5. The molecule has 2 saturated heterocycles. The molecule has 10 nitrogen and oxygen atoms in total. The first-order chi connectivity index (χ1) is 15.5. The Kier molecular flexibility index (Phi) is 5.35. The Bertz CT molecular complexity index is 1120. The van der Waals surface area contributed by atoms with E-state index in [-0.39, 0.29) is 24.0 Å². The summed E-state index contributed by atoms with van der Waals surface area (Å²) in [7, 11) is 3.43. The number of carbonyl (C=O) groups excluding carboxylic acids is 1. The molecule has 166 valence electrons. The van der Waals surface area contributed by atoms with Crippen LogP contribution in [0.2, 0.25) is 0 Å². The molecule has 2 aliphatic rings. The summed E-state index contributed by atoms with van der Waals surface area (Å²) in [5.41, 5.74) is 6.39. The third kappa shape index (κ3) is 3.96. The van der Waals surface area contributed by atoms with Gasteiger partial charge in [0.05, 0.1) is 36.4 Å². The Morgan fingerprint density at radius 3 is 2.50 bits per heavy atom. The molecule has 1 amide bonds. The summed E-state index contributed by atoms with van der Waals surface area (Å²) >= 11 is 1.31. The van der Waals surface area contributed by atoms with E-state index in [4.69, 9.17) is 20.2 Å². The Balaban J connectivity index is 1.48. The van der Waals surface area contributed by atoms with Crippen molar-refractivity contribution in [3.8, 4) is 22.5 Å². The van der Waals surface area contributed by atoms with Crippen molar-refractivity contribution in [3.63, 3.8) is 0 Å². The zero-order valence-electron chi connectivity index (χ0n) is 17.8. The topological polar surface area (TPSA) is 120 Å². The first-order valence-electron chi connectivity index (χ1n) is 10.3. The molecule has 2 atom stereocenters. The Morgan fingerprint density at radius 2 is 1.88 bits per heavy atom. The number of nitrogen functional groups attached to an aromatic ring is 1. The molecule has 2 fully saturated rings. The zero-order chi connectivity index (χ0) is 22.2. The monoisotopic (exact) mass is 453 g/mol. The van der Waals surface area contributed by atoms with Gasteiger partial charge in [0.2, 0.25) is 5.95 Å². The molecule has 0 saturated carbocycles. The van der Waals surface area contributed by atoms with Crippen molar-refractivity contribution in [1.82, 2.24) is 24.8 Å². The van der Waals surface area contributed by atoms with Gasteiger partial charge < -0.3 is 25.0 Å². The van der Waals surface area contributed by atoms with Crippen LogP contribution in [-0.2, 0) is 4.74 Å². The maximum atomic E-state index is 12.1. The summed E-state index contributed by atoms with van der Waals surface area (Å²) in [5.74, 6) is 1.47. The number of fused-ring (bicyclic) bond motifs is 2. The Morgan fingerprint density at radius 1 is 1.16 bits per heavy atom. The normalized spacial score (nSPS) is 19.8. The number of hydrogen-bond donors (Lipinski definition) is 1. The number of benzene rings is 1. The molecular weight excluding hydrogens is 430 g/mol. The Labute approximate surface area is 189 Å². The van der Waals surface area contributed by atoms with Crippen LogP contribution in [0.1, 0.15) is 23.2 Å². The molecule has 0 spiro atoms. The van der Waals surface area contributed by atoms with Crippen molar-refractivity contribution in [2.75, 3.05) is 37.9 Å². The van der Waals surface area contributed by atoms with Gasteiger partial charge in [0.1, 0.15) is 5.75 Å². The second-order valence-electron chi connectivity index (χ2n) is 7.96. The lowest BCUT2D eigenvalue weighted by Crippen LogP contribution is -2.46. The van der Waals surface area contributed by atoms with E-state index in [1.54, 1.807) is 44.6 Å². The standard InChI is InChI=1S/C21H23N7O3S/c1-27(2)18(29)12-3-7-15(8-4-12)31-21-25-17(16-9-23-19(22)32-16)24-20(26-21)28-13-5-6-14(28)11-30-10-13/h3-4,7-9,13-14H,5-6,10-11H2,1-2H3,(H2,22,23)/t13-,14+. The van der Waals surface area contributed by atoms with Crippen LogP contribution in [0.5, 0.6) is 11.8 Å². The average molecular weight is 454 g/mol. The third-order valence-electron chi connectivity index (χ3n) is 5.53. The van der Waals surface area contributed by atoms with Crippen LogP contribution in [0.25, 0.3) is 10.7 Å². The fraction of sp³-hybridized carbons (Fsp3) is 0.381. The number of anilines is 2. The van der Waals surface area contributed by atoms with Gasteiger partial charge in [-0.1, -0.05) is 11.3 Å². The highest BCUT2D eigenvalue weighted by Crippen LogP contribution is 2.35. The summed E-state index contributed by atoms with van der Waals surface area (Å²) in [6.45, 7) is 1.31. The number of carbonyl (C=O) groups is 1. The van der Waals surface area contributed by atoms with Gasteiger partial charge in [0.25, 0.3) is 5.91 Å². The highest BCUT2D eigenvalue weighted by molar-refractivity contribution is 7.18. The third-order valence-corrected chi connectivity index (χ3v) is 6.36. The number of aromatic nitrogens is 4. The van der Waals surface area contributed by atoms with E-state index in [9.17, 15) is 4.79 Å². The lowest BCUT2D eigenvalue weighted by atomic mass is 10.2. The van der Waals surface area contributed by atoms with Gasteiger partial charge >= 0.3 is 6.01 Å². The van der Waals surface area contributed by atoms with Gasteiger partial charge in [0, 0.05) is 19.7 Å². The lowest BCUT2D eigenvalue weighted by molar-refractivity contribution is 0.0827. The van der Waals surface area contributed by atoms with Gasteiger partial charge in [-0.15, -0.1) is 0 Å². The quantitative estimate of drug-likeness (QED) is 0.621. The van der Waals surface area contributed by atoms with E-state index in [1.165, 1.54) is 16.2 Å². The van der Waals surface area contributed by atoms with Crippen molar-refractivity contribution < 1.29 is 14.3 Å². The average Bonchev–Trinajstić information content (AvgIpc) is 3.33. The largest absolute Gasteiger partial charge is 0.424 e. The van der Waals surface area contributed by atoms with E-state index >= 15 is 0 Å². The minimum Gasteiger partial charge on any atom is -0.424 e. The van der Waals surface area contributed by atoms with E-state index in [0.717, 1.165) is 17.7 Å². The molecule has 2 aliphatic heterocycles. The van der Waals surface area contributed by atoms with Crippen LogP contribution in [-0.4, -0.2) is 70.1 Å². The highest BCUT2D eigenvalue weighted by Gasteiger charge is 2.39. The molecule has 0 radical (unpaired) electrons. The minimum atomic E-state index is -0.0770. The number of thiazole rings is 1. The summed E-state index contributed by atoms with van der Waals surface area (Å²) in [5, 5.41) is 0.442. The van der Waals surface area contributed by atoms with Crippen LogP contribution >= 0.6 is 11.3 Å². The van der Waals surface area contributed by atoms with Crippen molar-refractivity contribution in [2.45, 2.75) is 24.9 Å². The molecule has 3 aromatic rings. The molecule has 1 aromatic carbocycles. The van der Waals surface area contributed by atoms with Gasteiger partial charge in [-0.2, -0.15) is 15.0 Å². The number of ether oxygens (including phenoxy) is 2. The van der Waals surface area contributed by atoms with Crippen LogP contribution in [0.15, 0.2) is 30.5 Å². The van der Waals surface area contributed by atoms with Crippen molar-refractivity contribution in [2.24, 2.45) is 0 Å². The van der Waals surface area contributed by atoms with E-state index in [1.807, 2.05) is 0 Å². The van der Waals surface area contributed by atoms with Crippen molar-refractivity contribution in [3.05, 3.63) is 36.0 Å². The predicted molar refractivity (Wildman–Crippen MR) is 120 cm³/mol. The van der Waals surface area contributed by atoms with Crippen LogP contribution in [0.4, 0.5) is 11.1 Å². The molecule has 2 bridgehead atoms. The van der Waals surface area contributed by atoms with E-state index in [0.29, 0.717) is 41.4 Å². The van der Waals surface area contributed by atoms with Crippen molar-refractivity contribution >= 4 is 28.3 Å². The smallest absolute Gasteiger partial charge is 0.327 e. The maximum Gasteiger partial charge on any atom is 0.327 e. The number of morpholine rings is 1. The van der Waals surface area contributed by atoms with Gasteiger partial charge in [-0.25, -0.2) is 4.98 Å². The van der Waals surface area contributed by atoms with Crippen molar-refractivity contribution in [1.29, 1.82) is 0 Å². The fourth-order valence-electron chi connectivity index (χ4n) is 3.99.